The van der Waals surface area contributed by atoms with E-state index < -0.39 is 41.0 Å². The van der Waals surface area contributed by atoms with Crippen molar-refractivity contribution in [3.05, 3.63) is 34.4 Å². The summed E-state index contributed by atoms with van der Waals surface area (Å²) in [5.74, 6) is -3.38. The predicted molar refractivity (Wildman–Crippen MR) is 167 cm³/mol. The van der Waals surface area contributed by atoms with Crippen LogP contribution in [0.3, 0.4) is 0 Å². The quantitative estimate of drug-likeness (QED) is 0.120. The van der Waals surface area contributed by atoms with Crippen LogP contribution in [0, 0.1) is 5.92 Å². The van der Waals surface area contributed by atoms with Gasteiger partial charge in [0.05, 0.1) is 0 Å². The molecule has 0 saturated carbocycles. The summed E-state index contributed by atoms with van der Waals surface area (Å²) in [7, 11) is 0. The Morgan fingerprint density at radius 3 is 1.75 bits per heavy atom. The van der Waals surface area contributed by atoms with Crippen molar-refractivity contribution in [1.29, 1.82) is 0 Å². The van der Waals surface area contributed by atoms with E-state index in [9.17, 15) is 28.8 Å². The molecule has 0 bridgehead atoms. The van der Waals surface area contributed by atoms with Crippen LogP contribution in [0.4, 0.5) is 0 Å². The topological polar surface area (TPSA) is 245 Å². The van der Waals surface area contributed by atoms with Gasteiger partial charge in [0.25, 0.3) is 5.91 Å². The van der Waals surface area contributed by atoms with Gasteiger partial charge in [0.15, 0.2) is 0 Å². The number of carbonyl (C=O) groups is 6. The number of carbonyl (C=O) groups excluding carboxylic acids is 6. The molecule has 1 aliphatic carbocycles. The van der Waals surface area contributed by atoms with E-state index in [4.69, 9.17) is 28.7 Å². The summed E-state index contributed by atoms with van der Waals surface area (Å²) in [5.41, 5.74) is 28.6. The Morgan fingerprint density at radius 1 is 0.659 bits per heavy atom. The van der Waals surface area contributed by atoms with E-state index in [1.54, 1.807) is 12.1 Å². The SMILES string of the molecule is NC(=O)CCCC(CCCCCCC(CCCC(N)=O)(NC(=O)c1ccc(C(N)=O)c2c1CCCCCC2)C(N)=O)C(N)=O. The maximum Gasteiger partial charge on any atom is 0.252 e. The maximum atomic E-state index is 13.8. The van der Waals surface area contributed by atoms with Crippen LogP contribution in [0.1, 0.15) is 135 Å². The highest BCUT2D eigenvalue weighted by molar-refractivity contribution is 6.02. The van der Waals surface area contributed by atoms with Gasteiger partial charge in [0.2, 0.25) is 29.5 Å². The molecule has 12 nitrogen and oxygen atoms in total. The lowest BCUT2D eigenvalue weighted by Gasteiger charge is -2.33. The van der Waals surface area contributed by atoms with Gasteiger partial charge < -0.3 is 34.0 Å². The van der Waals surface area contributed by atoms with Crippen molar-refractivity contribution in [3.8, 4) is 0 Å². The van der Waals surface area contributed by atoms with E-state index >= 15 is 0 Å². The van der Waals surface area contributed by atoms with Gasteiger partial charge in [-0.2, -0.15) is 0 Å². The van der Waals surface area contributed by atoms with Crippen LogP contribution >= 0.6 is 0 Å². The van der Waals surface area contributed by atoms with Gasteiger partial charge in [-0.25, -0.2) is 0 Å². The van der Waals surface area contributed by atoms with Gasteiger partial charge in [-0.05, 0) is 87.5 Å². The van der Waals surface area contributed by atoms with Crippen LogP contribution in [0.2, 0.25) is 0 Å². The highest BCUT2D eigenvalue weighted by Crippen LogP contribution is 2.29. The van der Waals surface area contributed by atoms with Crippen LogP contribution in [-0.4, -0.2) is 41.0 Å². The zero-order valence-electron chi connectivity index (χ0n) is 25.8. The largest absolute Gasteiger partial charge is 0.370 e. The molecular formula is C32H50N6O6. The van der Waals surface area contributed by atoms with Gasteiger partial charge in [0, 0.05) is 29.9 Å². The molecule has 244 valence electrons. The van der Waals surface area contributed by atoms with Crippen LogP contribution in [0.5, 0.6) is 0 Å². The first-order chi connectivity index (χ1) is 20.9. The molecule has 1 aromatic rings. The third-order valence-electron chi connectivity index (χ3n) is 8.68. The number of nitrogens with one attached hydrogen (secondary N) is 1. The van der Waals surface area contributed by atoms with Crippen molar-refractivity contribution >= 4 is 35.4 Å². The fraction of sp³-hybridized carbons (Fsp3) is 0.625. The normalized spacial score (nSPS) is 15.1. The van der Waals surface area contributed by atoms with Crippen LogP contribution in [-0.2, 0) is 32.0 Å². The highest BCUT2D eigenvalue weighted by Gasteiger charge is 2.38. The number of hydrogen-bond donors (Lipinski definition) is 6. The average Bonchev–Trinajstić information content (AvgIpc) is 2.92. The van der Waals surface area contributed by atoms with Crippen LogP contribution in [0.15, 0.2) is 12.1 Å². The first-order valence-electron chi connectivity index (χ1n) is 15.8. The number of benzene rings is 1. The van der Waals surface area contributed by atoms with E-state index in [2.05, 4.69) is 5.32 Å². The number of hydrogen-bond acceptors (Lipinski definition) is 6. The molecule has 0 heterocycles. The Morgan fingerprint density at radius 2 is 1.18 bits per heavy atom. The molecule has 0 aromatic heterocycles. The lowest BCUT2D eigenvalue weighted by atomic mass is 9.83. The van der Waals surface area contributed by atoms with Gasteiger partial charge in [-0.1, -0.05) is 38.5 Å². The number of amides is 6. The van der Waals surface area contributed by atoms with E-state index in [0.717, 1.165) is 49.7 Å². The lowest BCUT2D eigenvalue weighted by molar-refractivity contribution is -0.125. The van der Waals surface area contributed by atoms with Gasteiger partial charge >= 0.3 is 0 Å². The minimum atomic E-state index is -1.41. The number of unbranched alkanes of at least 4 members (excludes halogenated alkanes) is 3. The second kappa shape index (κ2) is 18.0. The molecule has 1 aromatic carbocycles. The molecule has 12 heteroatoms. The van der Waals surface area contributed by atoms with Crippen molar-refractivity contribution in [1.82, 2.24) is 5.32 Å². The van der Waals surface area contributed by atoms with Crippen LogP contribution in [0.25, 0.3) is 0 Å². The van der Waals surface area contributed by atoms with Crippen molar-refractivity contribution < 1.29 is 28.8 Å². The number of rotatable bonds is 20. The van der Waals surface area contributed by atoms with Gasteiger partial charge in [-0.15, -0.1) is 0 Å². The molecule has 1 aliphatic rings. The Labute approximate surface area is 259 Å². The minimum Gasteiger partial charge on any atom is -0.370 e. The fourth-order valence-electron chi connectivity index (χ4n) is 6.19. The molecule has 0 spiro atoms. The molecule has 11 N–H and O–H groups in total. The van der Waals surface area contributed by atoms with Gasteiger partial charge in [0.1, 0.15) is 5.54 Å². The molecule has 0 saturated heterocycles. The summed E-state index contributed by atoms with van der Waals surface area (Å²) >= 11 is 0. The van der Waals surface area contributed by atoms with Gasteiger partial charge in [-0.3, -0.25) is 28.8 Å². The van der Waals surface area contributed by atoms with Crippen molar-refractivity contribution in [2.24, 2.45) is 34.6 Å². The molecule has 6 amide bonds. The molecular weight excluding hydrogens is 564 g/mol. The third kappa shape index (κ3) is 11.3. The fourth-order valence-corrected chi connectivity index (χ4v) is 6.19. The summed E-state index contributed by atoms with van der Waals surface area (Å²) in [5, 5.41) is 2.93. The summed E-state index contributed by atoms with van der Waals surface area (Å²) in [6.07, 6.45) is 10.2. The average molecular weight is 615 g/mol. The van der Waals surface area contributed by atoms with E-state index in [1.807, 2.05) is 0 Å². The second-order valence-electron chi connectivity index (χ2n) is 12.0. The monoisotopic (exact) mass is 614 g/mol. The van der Waals surface area contributed by atoms with Crippen molar-refractivity contribution in [2.45, 2.75) is 121 Å². The smallest absolute Gasteiger partial charge is 0.252 e. The zero-order chi connectivity index (χ0) is 32.7. The van der Waals surface area contributed by atoms with Crippen molar-refractivity contribution in [2.75, 3.05) is 0 Å². The first-order valence-corrected chi connectivity index (χ1v) is 15.8. The Kier molecular flexibility index (Phi) is 14.8. The molecule has 44 heavy (non-hydrogen) atoms. The van der Waals surface area contributed by atoms with E-state index in [0.29, 0.717) is 56.1 Å². The molecule has 0 radical (unpaired) electrons. The molecule has 2 unspecified atom stereocenters. The highest BCUT2D eigenvalue weighted by atomic mass is 16.2. The first kappa shape index (κ1) is 36.2. The summed E-state index contributed by atoms with van der Waals surface area (Å²) in [6, 6.07) is 3.16. The third-order valence-corrected chi connectivity index (χ3v) is 8.68. The molecule has 0 aliphatic heterocycles. The molecule has 0 fully saturated rings. The van der Waals surface area contributed by atoms with Crippen LogP contribution < -0.4 is 34.0 Å². The lowest BCUT2D eigenvalue weighted by Crippen LogP contribution is -2.57. The maximum absolute atomic E-state index is 13.8. The Bertz CT molecular complexity index is 1200. The number of fused-ring (bicyclic) bond motifs is 1. The summed E-state index contributed by atoms with van der Waals surface area (Å²) < 4.78 is 0. The Balaban J connectivity index is 2.17. The number of primary amides is 5. The zero-order valence-corrected chi connectivity index (χ0v) is 25.8. The summed E-state index contributed by atoms with van der Waals surface area (Å²) in [6.45, 7) is 0. The summed E-state index contributed by atoms with van der Waals surface area (Å²) in [4.78, 5) is 73.2. The standard InChI is InChI=1S/C32H50N6O6/c33-26(39)15-9-12-21(28(35)41)11-5-3-4-8-19-32(31(37)44,20-10-16-27(34)40)38-30(43)25-18-17-24(29(36)42)22-13-6-1-2-7-14-23(22)25/h17-18,21H,1-16,19-20H2,(H2,33,39)(H2,34,40)(H2,35,41)(H2,36,42)(H2,37,44)(H,38,43). The van der Waals surface area contributed by atoms with E-state index in [-0.39, 0.29) is 38.0 Å². The Hall–Kier alpha value is -3.96. The van der Waals surface area contributed by atoms with Crippen molar-refractivity contribution in [3.63, 3.8) is 0 Å². The molecule has 2 rings (SSSR count). The number of nitrogens with two attached hydrogens (primary N) is 5. The minimum absolute atomic E-state index is 0.0395. The predicted octanol–water partition coefficient (Wildman–Crippen LogP) is 2.15. The van der Waals surface area contributed by atoms with E-state index in [1.165, 1.54) is 0 Å². The molecule has 2 atom stereocenters. The second-order valence-corrected chi connectivity index (χ2v) is 12.0.